The van der Waals surface area contributed by atoms with Crippen LogP contribution < -0.4 is 14.2 Å². The quantitative estimate of drug-likeness (QED) is 0.743. The molecule has 140 valence electrons. The molecule has 0 N–H and O–H groups in total. The van der Waals surface area contributed by atoms with Crippen LogP contribution in [0.15, 0.2) is 35.2 Å². The molecule has 1 aliphatic heterocycles. The highest BCUT2D eigenvalue weighted by Gasteiger charge is 2.26. The van der Waals surface area contributed by atoms with E-state index in [1.807, 2.05) is 0 Å². The second-order valence-corrected chi connectivity index (χ2v) is 8.40. The predicted octanol–water partition coefficient (Wildman–Crippen LogP) is 3.59. The standard InChI is InChI=1S/C17H17Cl2NO5S/c1-20(10-11-3-4-12-14(9-11)25-8-7-24-12)26(21,22)15-6-5-13(23-2)16(18)17(15)19/h3-6,9H,7-8,10H2,1-2H3. The number of rotatable bonds is 5. The zero-order chi connectivity index (χ0) is 18.9. The van der Waals surface area contributed by atoms with Crippen LogP contribution in [-0.4, -0.2) is 40.1 Å². The summed E-state index contributed by atoms with van der Waals surface area (Å²) in [5, 5.41) is -0.0111. The molecule has 0 aromatic heterocycles. The average molecular weight is 418 g/mol. The first kappa shape index (κ1) is 19.1. The first-order chi connectivity index (χ1) is 12.3. The number of ether oxygens (including phenoxy) is 3. The Bertz CT molecular complexity index is 933. The summed E-state index contributed by atoms with van der Waals surface area (Å²) in [6.07, 6.45) is 0. The van der Waals surface area contributed by atoms with Gasteiger partial charge < -0.3 is 14.2 Å². The van der Waals surface area contributed by atoms with Crippen LogP contribution >= 0.6 is 23.2 Å². The van der Waals surface area contributed by atoms with Crippen LogP contribution in [0.25, 0.3) is 0 Å². The summed E-state index contributed by atoms with van der Waals surface area (Å²) in [6, 6.07) is 8.18. The van der Waals surface area contributed by atoms with Gasteiger partial charge in [-0.3, -0.25) is 0 Å². The van der Waals surface area contributed by atoms with Crippen molar-refractivity contribution in [1.29, 1.82) is 0 Å². The summed E-state index contributed by atoms with van der Waals surface area (Å²) in [5.41, 5.74) is 0.760. The number of methoxy groups -OCH3 is 1. The Hall–Kier alpha value is -1.67. The van der Waals surface area contributed by atoms with Crippen molar-refractivity contribution >= 4 is 33.2 Å². The minimum atomic E-state index is -3.85. The molecular formula is C17H17Cl2NO5S. The second-order valence-electron chi connectivity index (χ2n) is 5.63. The Morgan fingerprint density at radius 2 is 1.77 bits per heavy atom. The molecule has 0 fully saturated rings. The maximum atomic E-state index is 12.9. The Kier molecular flexibility index (Phi) is 5.53. The molecule has 9 heteroatoms. The SMILES string of the molecule is COc1ccc(S(=O)(=O)N(C)Cc2ccc3c(c2)OCCO3)c(Cl)c1Cl. The molecule has 0 bridgehead atoms. The van der Waals surface area contributed by atoms with E-state index in [4.69, 9.17) is 37.4 Å². The van der Waals surface area contributed by atoms with Gasteiger partial charge in [0.2, 0.25) is 10.0 Å². The molecule has 26 heavy (non-hydrogen) atoms. The molecule has 0 saturated carbocycles. The molecule has 1 heterocycles. The van der Waals surface area contributed by atoms with Gasteiger partial charge in [0.15, 0.2) is 11.5 Å². The van der Waals surface area contributed by atoms with E-state index in [2.05, 4.69) is 0 Å². The lowest BCUT2D eigenvalue weighted by molar-refractivity contribution is 0.171. The second kappa shape index (κ2) is 7.52. The molecule has 1 aliphatic rings. The molecule has 2 aromatic rings. The summed E-state index contributed by atoms with van der Waals surface area (Å²) in [5.74, 6) is 1.56. The largest absolute Gasteiger partial charge is 0.495 e. The van der Waals surface area contributed by atoms with Crippen molar-refractivity contribution in [3.05, 3.63) is 45.9 Å². The zero-order valence-corrected chi connectivity index (χ0v) is 16.5. The Balaban J connectivity index is 1.87. The van der Waals surface area contributed by atoms with Crippen molar-refractivity contribution in [1.82, 2.24) is 4.31 Å². The van der Waals surface area contributed by atoms with Crippen LogP contribution in [0.3, 0.4) is 0 Å². The first-order valence-corrected chi connectivity index (χ1v) is 9.91. The lowest BCUT2D eigenvalue weighted by Gasteiger charge is -2.21. The van der Waals surface area contributed by atoms with Crippen molar-refractivity contribution in [3.8, 4) is 17.2 Å². The number of benzene rings is 2. The fraction of sp³-hybridized carbons (Fsp3) is 0.294. The maximum Gasteiger partial charge on any atom is 0.244 e. The molecule has 0 unspecified atom stereocenters. The summed E-state index contributed by atoms with van der Waals surface area (Å²) in [4.78, 5) is -0.0787. The molecule has 6 nitrogen and oxygen atoms in total. The Morgan fingerprint density at radius 3 is 2.46 bits per heavy atom. The number of hydrogen-bond acceptors (Lipinski definition) is 5. The highest BCUT2D eigenvalue weighted by Crippen LogP contribution is 2.38. The third-order valence-electron chi connectivity index (χ3n) is 3.93. The van der Waals surface area contributed by atoms with Gasteiger partial charge in [0, 0.05) is 13.6 Å². The van der Waals surface area contributed by atoms with Crippen molar-refractivity contribution in [3.63, 3.8) is 0 Å². The minimum absolute atomic E-state index is 0.0583. The monoisotopic (exact) mass is 417 g/mol. The van der Waals surface area contributed by atoms with Gasteiger partial charge in [0.1, 0.15) is 28.9 Å². The van der Waals surface area contributed by atoms with Gasteiger partial charge in [-0.05, 0) is 29.8 Å². The predicted molar refractivity (Wildman–Crippen MR) is 99.1 cm³/mol. The molecule has 0 amide bonds. The van der Waals surface area contributed by atoms with Crippen LogP contribution in [0, 0.1) is 0 Å². The van der Waals surface area contributed by atoms with E-state index in [1.165, 1.54) is 30.6 Å². The molecule has 0 saturated heterocycles. The van der Waals surface area contributed by atoms with Gasteiger partial charge in [-0.25, -0.2) is 8.42 Å². The Morgan fingerprint density at radius 1 is 1.08 bits per heavy atom. The van der Waals surface area contributed by atoms with Crippen LogP contribution in [0.2, 0.25) is 10.0 Å². The zero-order valence-electron chi connectivity index (χ0n) is 14.2. The van der Waals surface area contributed by atoms with Crippen LogP contribution in [0.5, 0.6) is 17.2 Å². The van der Waals surface area contributed by atoms with Crippen LogP contribution in [0.4, 0.5) is 0 Å². The van der Waals surface area contributed by atoms with Crippen LogP contribution in [-0.2, 0) is 16.6 Å². The van der Waals surface area contributed by atoms with Crippen molar-refractivity contribution in [2.45, 2.75) is 11.4 Å². The Labute approximate surface area is 162 Å². The number of halogens is 2. The highest BCUT2D eigenvalue weighted by atomic mass is 35.5. The summed E-state index contributed by atoms with van der Waals surface area (Å²) in [6.45, 7) is 1.10. The average Bonchev–Trinajstić information content (AvgIpc) is 2.63. The van der Waals surface area contributed by atoms with E-state index < -0.39 is 10.0 Å². The third kappa shape index (κ3) is 3.57. The molecule has 0 radical (unpaired) electrons. The maximum absolute atomic E-state index is 12.9. The van der Waals surface area contributed by atoms with E-state index in [0.717, 1.165) is 5.56 Å². The van der Waals surface area contributed by atoms with Gasteiger partial charge in [-0.1, -0.05) is 29.3 Å². The van der Waals surface area contributed by atoms with Crippen molar-refractivity contribution in [2.75, 3.05) is 27.4 Å². The molecule has 0 atom stereocenters. The first-order valence-electron chi connectivity index (χ1n) is 7.71. The van der Waals surface area contributed by atoms with Gasteiger partial charge in [0.05, 0.1) is 12.1 Å². The summed E-state index contributed by atoms with van der Waals surface area (Å²) in [7, 11) is -0.944. The van der Waals surface area contributed by atoms with E-state index >= 15 is 0 Å². The smallest absolute Gasteiger partial charge is 0.244 e. The lowest BCUT2D eigenvalue weighted by atomic mass is 10.2. The van der Waals surface area contributed by atoms with E-state index in [-0.39, 0.29) is 21.5 Å². The topological polar surface area (TPSA) is 65.1 Å². The van der Waals surface area contributed by atoms with Gasteiger partial charge >= 0.3 is 0 Å². The molecule has 3 rings (SSSR count). The third-order valence-corrected chi connectivity index (χ3v) is 6.75. The molecular weight excluding hydrogens is 401 g/mol. The van der Waals surface area contributed by atoms with Gasteiger partial charge in [-0.15, -0.1) is 0 Å². The molecule has 2 aromatic carbocycles. The normalized spacial score (nSPS) is 13.7. The van der Waals surface area contributed by atoms with Gasteiger partial charge in [-0.2, -0.15) is 4.31 Å². The number of hydrogen-bond donors (Lipinski definition) is 0. The van der Waals surface area contributed by atoms with Crippen LogP contribution in [0.1, 0.15) is 5.56 Å². The fourth-order valence-corrected chi connectivity index (χ4v) is 4.54. The number of nitrogens with zero attached hydrogens (tertiary/aromatic N) is 1. The molecule has 0 aliphatic carbocycles. The van der Waals surface area contributed by atoms with Gasteiger partial charge in [0.25, 0.3) is 0 Å². The number of fused-ring (bicyclic) bond motifs is 1. The highest BCUT2D eigenvalue weighted by molar-refractivity contribution is 7.89. The summed E-state index contributed by atoms with van der Waals surface area (Å²) < 4.78 is 43.0. The molecule has 0 spiro atoms. The van der Waals surface area contributed by atoms with E-state index in [1.54, 1.807) is 18.2 Å². The van der Waals surface area contributed by atoms with Crippen molar-refractivity contribution < 1.29 is 22.6 Å². The summed E-state index contributed by atoms with van der Waals surface area (Å²) >= 11 is 12.2. The van der Waals surface area contributed by atoms with E-state index in [9.17, 15) is 8.42 Å². The number of sulfonamides is 1. The van der Waals surface area contributed by atoms with E-state index in [0.29, 0.717) is 30.5 Å². The fourth-order valence-electron chi connectivity index (χ4n) is 2.57. The lowest BCUT2D eigenvalue weighted by Crippen LogP contribution is -2.27. The van der Waals surface area contributed by atoms with Crippen molar-refractivity contribution in [2.24, 2.45) is 0 Å². The minimum Gasteiger partial charge on any atom is -0.495 e.